The van der Waals surface area contributed by atoms with Gasteiger partial charge in [-0.15, -0.1) is 0 Å². The normalized spacial score (nSPS) is 22.4. The van der Waals surface area contributed by atoms with Gasteiger partial charge < -0.3 is 33.5 Å². The third-order valence-corrected chi connectivity index (χ3v) is 6.65. The minimum atomic E-state index is -0.474. The molecule has 230 valence electrons. The maximum absolute atomic E-state index is 11.0. The van der Waals surface area contributed by atoms with E-state index in [1.54, 1.807) is 12.1 Å². The molecule has 0 aromatic heterocycles. The van der Waals surface area contributed by atoms with Crippen molar-refractivity contribution in [3.05, 3.63) is 46.5 Å². The van der Waals surface area contributed by atoms with Crippen LogP contribution in [0.1, 0.15) is 0 Å². The zero-order chi connectivity index (χ0) is 29.4. The quantitative estimate of drug-likeness (QED) is 0.319. The average molecular weight is 590 g/mol. The van der Waals surface area contributed by atoms with Gasteiger partial charge in [-0.2, -0.15) is 10.2 Å². The number of fused-ring (bicyclic) bond motifs is 18. The first kappa shape index (κ1) is 31.5. The third kappa shape index (κ3) is 10.8. The lowest BCUT2D eigenvalue weighted by Gasteiger charge is -2.23. The number of azo groups is 1. The first-order valence-corrected chi connectivity index (χ1v) is 14.1. The highest BCUT2D eigenvalue weighted by molar-refractivity contribution is 5.59. The van der Waals surface area contributed by atoms with Gasteiger partial charge in [0.25, 0.3) is 5.69 Å². The van der Waals surface area contributed by atoms with Crippen LogP contribution in [0.2, 0.25) is 0 Å². The molecular weight excluding hydrogens is 550 g/mol. The number of rotatable bonds is 3. The molecule has 1 fully saturated rings. The summed E-state index contributed by atoms with van der Waals surface area (Å²) >= 11 is 0. The summed E-state index contributed by atoms with van der Waals surface area (Å²) in [5.74, 6) is 0.302. The third-order valence-electron chi connectivity index (χ3n) is 6.65. The maximum Gasteiger partial charge on any atom is 0.269 e. The van der Waals surface area contributed by atoms with Crippen molar-refractivity contribution in [2.45, 2.75) is 0 Å². The Kier molecular flexibility index (Phi) is 13.2. The summed E-state index contributed by atoms with van der Waals surface area (Å²) in [7, 11) is 0. The van der Waals surface area contributed by atoms with Crippen LogP contribution in [0.15, 0.2) is 46.6 Å². The molecule has 14 nitrogen and oxygen atoms in total. The Morgan fingerprint density at radius 3 is 1.45 bits per heavy atom. The van der Waals surface area contributed by atoms with Crippen LogP contribution in [-0.2, 0) is 18.9 Å². The first-order valence-electron chi connectivity index (χ1n) is 14.1. The summed E-state index contributed by atoms with van der Waals surface area (Å²) in [6.07, 6.45) is 0. The van der Waals surface area contributed by atoms with Crippen LogP contribution in [-0.4, -0.2) is 125 Å². The zero-order valence-electron chi connectivity index (χ0n) is 23.7. The van der Waals surface area contributed by atoms with Crippen molar-refractivity contribution in [1.29, 1.82) is 0 Å². The highest BCUT2D eigenvalue weighted by Crippen LogP contribution is 2.41. The Bertz CT molecular complexity index is 1060. The smallest absolute Gasteiger partial charge is 0.269 e. The number of phenolic OH excluding ortho intramolecular Hbond substituents is 1. The molecule has 0 aliphatic carbocycles. The molecular formula is C28H39N5O9. The predicted molar refractivity (Wildman–Crippen MR) is 153 cm³/mol. The van der Waals surface area contributed by atoms with Crippen molar-refractivity contribution < 1.29 is 38.5 Å². The molecule has 5 rings (SSSR count). The SMILES string of the molecule is O=[N+]([O-])c1ccc(N=Nc2cc3c(O)c(c2)OCCN2CCOCCOCCN(CCOCCOCC2)CCO3)cc1. The fraction of sp³-hybridized carbons (Fsp3) is 0.571. The van der Waals surface area contributed by atoms with Gasteiger partial charge in [-0.05, 0) is 12.1 Å². The van der Waals surface area contributed by atoms with E-state index >= 15 is 0 Å². The van der Waals surface area contributed by atoms with E-state index in [2.05, 4.69) is 20.0 Å². The van der Waals surface area contributed by atoms with Crippen molar-refractivity contribution >= 4 is 17.1 Å². The van der Waals surface area contributed by atoms with E-state index in [4.69, 9.17) is 28.4 Å². The summed E-state index contributed by atoms with van der Waals surface area (Å²) in [4.78, 5) is 14.8. The van der Waals surface area contributed by atoms with Gasteiger partial charge in [0.05, 0.1) is 69.2 Å². The van der Waals surface area contributed by atoms with Crippen molar-refractivity contribution in [1.82, 2.24) is 9.80 Å². The summed E-state index contributed by atoms with van der Waals surface area (Å²) < 4.78 is 35.1. The Labute approximate surface area is 244 Å². The molecule has 42 heavy (non-hydrogen) atoms. The second-order valence-electron chi connectivity index (χ2n) is 9.59. The fourth-order valence-electron chi connectivity index (χ4n) is 4.26. The summed E-state index contributed by atoms with van der Waals surface area (Å²) in [6.45, 7) is 8.68. The molecule has 3 aliphatic heterocycles. The van der Waals surface area contributed by atoms with E-state index in [0.29, 0.717) is 103 Å². The number of benzene rings is 2. The second kappa shape index (κ2) is 17.5. The molecule has 2 aromatic carbocycles. The van der Waals surface area contributed by atoms with Gasteiger partial charge in [-0.1, -0.05) is 0 Å². The van der Waals surface area contributed by atoms with Crippen LogP contribution in [0.3, 0.4) is 0 Å². The molecule has 3 aliphatic rings. The average Bonchev–Trinajstić information content (AvgIpc) is 2.99. The molecule has 0 amide bonds. The second-order valence-corrected chi connectivity index (χ2v) is 9.59. The van der Waals surface area contributed by atoms with Crippen molar-refractivity contribution in [3.63, 3.8) is 0 Å². The minimum absolute atomic E-state index is 0.0347. The highest BCUT2D eigenvalue weighted by atomic mass is 16.6. The lowest BCUT2D eigenvalue weighted by atomic mass is 10.2. The monoisotopic (exact) mass is 589 g/mol. The molecule has 14 heteroatoms. The lowest BCUT2D eigenvalue weighted by molar-refractivity contribution is -0.384. The van der Waals surface area contributed by atoms with E-state index in [0.717, 1.165) is 0 Å². The number of hydrogen-bond acceptors (Lipinski definition) is 13. The van der Waals surface area contributed by atoms with Gasteiger partial charge in [0.15, 0.2) is 11.5 Å². The molecule has 4 bridgehead atoms. The molecule has 3 heterocycles. The molecule has 2 aromatic rings. The van der Waals surface area contributed by atoms with Crippen LogP contribution in [0, 0.1) is 10.1 Å². The van der Waals surface area contributed by atoms with Gasteiger partial charge in [0, 0.05) is 63.5 Å². The summed E-state index contributed by atoms with van der Waals surface area (Å²) in [5.41, 5.74) is 0.797. The number of ether oxygens (including phenoxy) is 6. The predicted octanol–water partition coefficient (Wildman–Crippen LogP) is 3.17. The Morgan fingerprint density at radius 1 is 0.619 bits per heavy atom. The molecule has 0 saturated carbocycles. The number of nitrogens with zero attached hydrogens (tertiary/aromatic N) is 5. The van der Waals surface area contributed by atoms with Gasteiger partial charge in [0.1, 0.15) is 13.2 Å². The van der Waals surface area contributed by atoms with Crippen molar-refractivity contribution in [2.24, 2.45) is 10.2 Å². The van der Waals surface area contributed by atoms with E-state index in [-0.39, 0.29) is 36.1 Å². The number of nitro benzene ring substituents is 1. The van der Waals surface area contributed by atoms with Crippen LogP contribution in [0.5, 0.6) is 17.2 Å². The molecule has 0 radical (unpaired) electrons. The number of non-ortho nitro benzene ring substituents is 1. The van der Waals surface area contributed by atoms with Crippen molar-refractivity contribution in [2.75, 3.05) is 105 Å². The molecule has 1 N–H and O–H groups in total. The van der Waals surface area contributed by atoms with E-state index in [9.17, 15) is 15.2 Å². The first-order chi connectivity index (χ1) is 20.6. The Hall–Kier alpha value is -3.40. The molecule has 1 saturated heterocycles. The lowest BCUT2D eigenvalue weighted by Crippen LogP contribution is -2.36. The summed E-state index contributed by atoms with van der Waals surface area (Å²) in [6, 6.07) is 8.91. The van der Waals surface area contributed by atoms with Crippen LogP contribution < -0.4 is 9.47 Å². The van der Waals surface area contributed by atoms with Gasteiger partial charge in [-0.3, -0.25) is 19.9 Å². The Balaban J connectivity index is 1.55. The van der Waals surface area contributed by atoms with Crippen LogP contribution in [0.4, 0.5) is 17.1 Å². The summed E-state index contributed by atoms with van der Waals surface area (Å²) in [5, 5.41) is 30.4. The standard InChI is InChI=1S/C28H39N5O9/c34-28-26-21-24(30-29-23-1-3-25(4-2-23)33(35)36)22-27(28)42-16-10-32-7-13-39-18-17-37-11-5-31(9-15-41-26)6-12-38-19-20-40-14-8-32/h1-4,21-22,34H,5-20H2. The zero-order valence-corrected chi connectivity index (χ0v) is 23.7. The Morgan fingerprint density at radius 2 is 1.02 bits per heavy atom. The van der Waals surface area contributed by atoms with Gasteiger partial charge in [0.2, 0.25) is 5.75 Å². The highest BCUT2D eigenvalue weighted by Gasteiger charge is 2.16. The minimum Gasteiger partial charge on any atom is -0.502 e. The van der Waals surface area contributed by atoms with Gasteiger partial charge >= 0.3 is 0 Å². The molecule has 0 atom stereocenters. The maximum atomic E-state index is 11.0. The topological polar surface area (TPSA) is 150 Å². The van der Waals surface area contributed by atoms with Crippen molar-refractivity contribution in [3.8, 4) is 17.2 Å². The number of phenols is 1. The molecule has 0 unspecified atom stereocenters. The van der Waals surface area contributed by atoms with E-state index < -0.39 is 4.92 Å². The van der Waals surface area contributed by atoms with Crippen LogP contribution >= 0.6 is 0 Å². The fourth-order valence-corrected chi connectivity index (χ4v) is 4.26. The number of nitro groups is 1. The van der Waals surface area contributed by atoms with Crippen LogP contribution in [0.25, 0.3) is 0 Å². The number of hydrogen-bond donors (Lipinski definition) is 1. The largest absolute Gasteiger partial charge is 0.502 e. The number of aromatic hydroxyl groups is 1. The van der Waals surface area contributed by atoms with E-state index in [1.165, 1.54) is 24.3 Å². The van der Waals surface area contributed by atoms with Gasteiger partial charge in [-0.25, -0.2) is 0 Å². The molecule has 0 spiro atoms. The van der Waals surface area contributed by atoms with E-state index in [1.807, 2.05) is 0 Å².